The fraction of sp³-hybridized carbons (Fsp3) is 0.474. The van der Waals surface area contributed by atoms with Gasteiger partial charge in [-0.15, -0.1) is 0 Å². The van der Waals surface area contributed by atoms with Gasteiger partial charge in [0.15, 0.2) is 0 Å². The SMILES string of the molecule is COc1cc(Cl)c(CC2CCN(C3CCc4n[nH]cc4C3)C2=O)c(Cl)c1. The third-order valence-corrected chi connectivity index (χ3v) is 6.25. The second-order valence-electron chi connectivity index (χ2n) is 7.04. The van der Waals surface area contributed by atoms with Gasteiger partial charge < -0.3 is 9.64 Å². The largest absolute Gasteiger partial charge is 0.497 e. The van der Waals surface area contributed by atoms with E-state index in [0.29, 0.717) is 22.2 Å². The van der Waals surface area contributed by atoms with Crippen LogP contribution in [0.2, 0.25) is 10.0 Å². The first-order valence-corrected chi connectivity index (χ1v) is 9.66. The van der Waals surface area contributed by atoms with Crippen molar-refractivity contribution < 1.29 is 9.53 Å². The summed E-state index contributed by atoms with van der Waals surface area (Å²) < 4.78 is 5.19. The lowest BCUT2D eigenvalue weighted by Crippen LogP contribution is -2.41. The van der Waals surface area contributed by atoms with Gasteiger partial charge in [0.1, 0.15) is 5.75 Å². The maximum atomic E-state index is 13.0. The number of halogens is 2. The van der Waals surface area contributed by atoms with Gasteiger partial charge in [0.05, 0.1) is 12.8 Å². The zero-order chi connectivity index (χ0) is 18.3. The number of nitrogens with one attached hydrogen (secondary N) is 1. The van der Waals surface area contributed by atoms with E-state index in [9.17, 15) is 4.79 Å². The van der Waals surface area contributed by atoms with Gasteiger partial charge in [-0.1, -0.05) is 23.2 Å². The normalized spacial score (nSPS) is 22.6. The standard InChI is InChI=1S/C19H21Cl2N3O2/c1-26-14-8-16(20)15(17(21)9-14)7-11-4-5-24(19(11)25)13-2-3-18-12(6-13)10-22-23-18/h8-11,13H,2-7H2,1H3,(H,22,23). The molecule has 0 saturated carbocycles. The Kier molecular flexibility index (Phi) is 4.84. The van der Waals surface area contributed by atoms with Crippen LogP contribution in [0.4, 0.5) is 0 Å². The van der Waals surface area contributed by atoms with Crippen LogP contribution in [0.3, 0.4) is 0 Å². The van der Waals surface area contributed by atoms with Crippen LogP contribution in [0, 0.1) is 5.92 Å². The molecule has 2 heterocycles. The molecule has 1 aromatic carbocycles. The zero-order valence-corrected chi connectivity index (χ0v) is 16.1. The zero-order valence-electron chi connectivity index (χ0n) is 14.6. The fourth-order valence-electron chi connectivity index (χ4n) is 4.12. The third-order valence-electron chi connectivity index (χ3n) is 5.57. The van der Waals surface area contributed by atoms with Crippen molar-refractivity contribution in [3.05, 3.63) is 45.2 Å². The predicted molar refractivity (Wildman–Crippen MR) is 101 cm³/mol. The highest BCUT2D eigenvalue weighted by molar-refractivity contribution is 6.36. The molecule has 2 unspecified atom stereocenters. The minimum atomic E-state index is -0.0656. The molecule has 2 atom stereocenters. The summed E-state index contributed by atoms with van der Waals surface area (Å²) in [5, 5.41) is 8.32. The number of ether oxygens (including phenoxy) is 1. The molecule has 1 N–H and O–H groups in total. The van der Waals surface area contributed by atoms with Crippen molar-refractivity contribution in [2.24, 2.45) is 5.92 Å². The fourth-order valence-corrected chi connectivity index (χ4v) is 4.74. The van der Waals surface area contributed by atoms with Gasteiger partial charge in [0.25, 0.3) is 0 Å². The van der Waals surface area contributed by atoms with Crippen molar-refractivity contribution in [2.45, 2.75) is 38.1 Å². The van der Waals surface area contributed by atoms with E-state index >= 15 is 0 Å². The molecule has 1 aliphatic carbocycles. The van der Waals surface area contributed by atoms with E-state index in [2.05, 4.69) is 10.2 Å². The number of amides is 1. The number of hydrogen-bond donors (Lipinski definition) is 1. The van der Waals surface area contributed by atoms with E-state index in [4.69, 9.17) is 27.9 Å². The first-order valence-electron chi connectivity index (χ1n) is 8.90. The number of methoxy groups -OCH3 is 1. The first kappa shape index (κ1) is 17.7. The molecule has 5 nitrogen and oxygen atoms in total. The third kappa shape index (κ3) is 3.19. The second kappa shape index (κ2) is 7.12. The van der Waals surface area contributed by atoms with Gasteiger partial charge >= 0.3 is 0 Å². The monoisotopic (exact) mass is 393 g/mol. The van der Waals surface area contributed by atoms with E-state index in [1.807, 2.05) is 11.1 Å². The molecule has 1 fully saturated rings. The van der Waals surface area contributed by atoms with Crippen molar-refractivity contribution in [1.29, 1.82) is 0 Å². The Morgan fingerprint density at radius 2 is 2.08 bits per heavy atom. The van der Waals surface area contributed by atoms with Gasteiger partial charge in [0.2, 0.25) is 5.91 Å². The number of fused-ring (bicyclic) bond motifs is 1. The Morgan fingerprint density at radius 1 is 1.31 bits per heavy atom. The number of rotatable bonds is 4. The number of hydrogen-bond acceptors (Lipinski definition) is 3. The molecule has 4 rings (SSSR count). The van der Waals surface area contributed by atoms with Crippen LogP contribution in [0.5, 0.6) is 5.75 Å². The maximum absolute atomic E-state index is 13.0. The van der Waals surface area contributed by atoms with E-state index in [1.165, 1.54) is 5.56 Å². The van der Waals surface area contributed by atoms with Crippen LogP contribution in [0.15, 0.2) is 18.3 Å². The highest BCUT2D eigenvalue weighted by Gasteiger charge is 2.37. The minimum Gasteiger partial charge on any atom is -0.497 e. The number of H-pyrrole nitrogens is 1. The number of aryl methyl sites for hydroxylation is 1. The predicted octanol–water partition coefficient (Wildman–Crippen LogP) is 3.67. The van der Waals surface area contributed by atoms with E-state index in [0.717, 1.165) is 43.5 Å². The van der Waals surface area contributed by atoms with Gasteiger partial charge in [-0.25, -0.2) is 0 Å². The van der Waals surface area contributed by atoms with Crippen LogP contribution < -0.4 is 4.74 Å². The summed E-state index contributed by atoms with van der Waals surface area (Å²) in [5.74, 6) is 0.773. The molecule has 26 heavy (non-hydrogen) atoms. The van der Waals surface area contributed by atoms with Crippen molar-refractivity contribution >= 4 is 29.1 Å². The lowest BCUT2D eigenvalue weighted by Gasteiger charge is -2.31. The molecule has 138 valence electrons. The number of carbonyl (C=O) groups is 1. The summed E-state index contributed by atoms with van der Waals surface area (Å²) in [5.41, 5.74) is 3.20. The van der Waals surface area contributed by atoms with Gasteiger partial charge in [-0.05, 0) is 55.4 Å². The average Bonchev–Trinajstić information content (AvgIpc) is 3.23. The van der Waals surface area contributed by atoms with Gasteiger partial charge in [-0.3, -0.25) is 9.89 Å². The molecule has 1 aliphatic heterocycles. The molecule has 0 radical (unpaired) electrons. The van der Waals surface area contributed by atoms with Crippen LogP contribution in [0.1, 0.15) is 29.7 Å². The molecule has 2 aliphatic rings. The number of nitrogens with zero attached hydrogens (tertiary/aromatic N) is 2. The van der Waals surface area contributed by atoms with Crippen molar-refractivity contribution in [3.63, 3.8) is 0 Å². The summed E-state index contributed by atoms with van der Waals surface area (Å²) in [6.07, 6.45) is 6.14. The highest BCUT2D eigenvalue weighted by atomic mass is 35.5. The summed E-state index contributed by atoms with van der Waals surface area (Å²) in [6, 6.07) is 3.77. The summed E-state index contributed by atoms with van der Waals surface area (Å²) in [4.78, 5) is 15.0. The summed E-state index contributed by atoms with van der Waals surface area (Å²) in [7, 11) is 1.58. The van der Waals surface area contributed by atoms with E-state index < -0.39 is 0 Å². The second-order valence-corrected chi connectivity index (χ2v) is 7.86. The number of likely N-dealkylation sites (tertiary alicyclic amines) is 1. The molecule has 0 bridgehead atoms. The Hall–Kier alpha value is -1.72. The topological polar surface area (TPSA) is 58.2 Å². The Balaban J connectivity index is 1.47. The van der Waals surface area contributed by atoms with Crippen LogP contribution >= 0.6 is 23.2 Å². The summed E-state index contributed by atoms with van der Waals surface area (Å²) >= 11 is 12.7. The minimum absolute atomic E-state index is 0.0656. The lowest BCUT2D eigenvalue weighted by atomic mass is 9.92. The number of aromatic nitrogens is 2. The van der Waals surface area contributed by atoms with Gasteiger partial charge in [-0.2, -0.15) is 5.10 Å². The highest BCUT2D eigenvalue weighted by Crippen LogP contribution is 2.35. The molecule has 2 aromatic rings. The van der Waals surface area contributed by atoms with Crippen LogP contribution in [-0.2, 0) is 24.1 Å². The Morgan fingerprint density at radius 3 is 2.81 bits per heavy atom. The Bertz CT molecular complexity index is 813. The quantitative estimate of drug-likeness (QED) is 0.861. The first-order chi connectivity index (χ1) is 12.6. The number of benzene rings is 1. The van der Waals surface area contributed by atoms with Crippen molar-refractivity contribution in [1.82, 2.24) is 15.1 Å². The number of carbonyl (C=O) groups excluding carboxylic acids is 1. The van der Waals surface area contributed by atoms with E-state index in [-0.39, 0.29) is 17.9 Å². The summed E-state index contributed by atoms with van der Waals surface area (Å²) in [6.45, 7) is 0.798. The van der Waals surface area contributed by atoms with E-state index in [1.54, 1.807) is 19.2 Å². The molecule has 1 aromatic heterocycles. The van der Waals surface area contributed by atoms with Crippen LogP contribution in [-0.4, -0.2) is 40.7 Å². The molecule has 1 amide bonds. The Labute approximate surface area is 162 Å². The molecule has 1 saturated heterocycles. The van der Waals surface area contributed by atoms with Crippen LogP contribution in [0.25, 0.3) is 0 Å². The smallest absolute Gasteiger partial charge is 0.226 e. The molecular formula is C19H21Cl2N3O2. The average molecular weight is 394 g/mol. The van der Waals surface area contributed by atoms with Crippen molar-refractivity contribution in [3.8, 4) is 5.75 Å². The molecule has 0 spiro atoms. The van der Waals surface area contributed by atoms with Gasteiger partial charge in [0, 0.05) is 34.7 Å². The maximum Gasteiger partial charge on any atom is 0.226 e. The lowest BCUT2D eigenvalue weighted by molar-refractivity contribution is -0.133. The molecular weight excluding hydrogens is 373 g/mol. The molecule has 7 heteroatoms. The number of aromatic amines is 1. The van der Waals surface area contributed by atoms with Crippen molar-refractivity contribution in [2.75, 3.05) is 13.7 Å².